The summed E-state index contributed by atoms with van der Waals surface area (Å²) in [5.41, 5.74) is 5.09. The van der Waals surface area contributed by atoms with E-state index >= 15 is 0 Å². The van der Waals surface area contributed by atoms with Crippen LogP contribution < -0.4 is 25.0 Å². The van der Waals surface area contributed by atoms with Crippen LogP contribution >= 0.6 is 23.2 Å². The van der Waals surface area contributed by atoms with Gasteiger partial charge in [-0.2, -0.15) is 5.10 Å². The molecule has 0 unspecified atom stereocenters. The molecule has 4 aromatic rings. The number of amides is 2. The number of nitrogens with one attached hydrogen (secondary N) is 2. The summed E-state index contributed by atoms with van der Waals surface area (Å²) in [4.78, 5) is 26.2. The Hall–Kier alpha value is -4.53. The van der Waals surface area contributed by atoms with Crippen molar-refractivity contribution >= 4 is 41.2 Å². The largest absolute Gasteiger partial charge is 0.493 e. The third-order valence-corrected chi connectivity index (χ3v) is 6.83. The minimum atomic E-state index is -0.941. The minimum absolute atomic E-state index is 0.240. The number of benzene rings is 4. The highest BCUT2D eigenvalue weighted by molar-refractivity contribution is 6.35. The normalized spacial score (nSPS) is 12.3. The van der Waals surface area contributed by atoms with E-state index in [1.165, 1.54) is 12.3 Å². The van der Waals surface area contributed by atoms with Gasteiger partial charge in [0.25, 0.3) is 11.8 Å². The van der Waals surface area contributed by atoms with Crippen molar-refractivity contribution in [3.8, 4) is 17.2 Å². The average Bonchev–Trinajstić information content (AvgIpc) is 3.02. The van der Waals surface area contributed by atoms with Gasteiger partial charge in [-0.25, -0.2) is 5.43 Å². The van der Waals surface area contributed by atoms with Crippen LogP contribution in [0.15, 0.2) is 102 Å². The number of hydrazone groups is 1. The highest BCUT2D eigenvalue weighted by atomic mass is 35.5. The summed E-state index contributed by atoms with van der Waals surface area (Å²) in [6, 6.07) is 28.2. The lowest BCUT2D eigenvalue weighted by Gasteiger charge is -2.21. The van der Waals surface area contributed by atoms with Gasteiger partial charge in [0, 0.05) is 11.4 Å². The first-order chi connectivity index (χ1) is 20.8. The van der Waals surface area contributed by atoms with Crippen LogP contribution in [0.3, 0.4) is 0 Å². The minimum Gasteiger partial charge on any atom is -0.493 e. The number of rotatable bonds is 13. The Morgan fingerprint density at radius 3 is 2.19 bits per heavy atom. The lowest BCUT2D eigenvalue weighted by atomic mass is 10.1. The van der Waals surface area contributed by atoms with E-state index in [-0.39, 0.29) is 11.4 Å². The van der Waals surface area contributed by atoms with E-state index < -0.39 is 24.0 Å². The van der Waals surface area contributed by atoms with Crippen LogP contribution in [0.5, 0.6) is 17.2 Å². The standard InChI is InChI=1S/C33H31Cl2N3O5/c1-22(43-29-16-14-26(34)19-27(29)35)32(39)37-28(17-23-9-5-3-6-10-23)33(40)38-36-20-25-13-15-30(31(18-25)41-2)42-21-24-11-7-4-8-12-24/h3-16,18-20,22,28H,17,21H2,1-2H3,(H,37,39)(H,38,40)/b36-20-/t22-,28-/m0/s1. The second-order valence-corrected chi connectivity index (χ2v) is 10.3. The number of hydrogen-bond acceptors (Lipinski definition) is 6. The molecule has 0 radical (unpaired) electrons. The molecule has 4 rings (SSSR count). The summed E-state index contributed by atoms with van der Waals surface area (Å²) in [7, 11) is 1.55. The Morgan fingerprint density at radius 1 is 0.837 bits per heavy atom. The van der Waals surface area contributed by atoms with Crippen LogP contribution in [-0.2, 0) is 22.6 Å². The van der Waals surface area contributed by atoms with Gasteiger partial charge < -0.3 is 19.5 Å². The molecule has 10 heteroatoms. The van der Waals surface area contributed by atoms with Crippen LogP contribution in [-0.4, -0.2) is 37.3 Å². The molecule has 0 saturated heterocycles. The van der Waals surface area contributed by atoms with Gasteiger partial charge in [-0.1, -0.05) is 83.9 Å². The molecular formula is C33H31Cl2N3O5. The molecular weight excluding hydrogens is 589 g/mol. The van der Waals surface area contributed by atoms with E-state index in [4.69, 9.17) is 37.4 Å². The van der Waals surface area contributed by atoms with Crippen LogP contribution in [0.25, 0.3) is 0 Å². The molecule has 2 amide bonds. The van der Waals surface area contributed by atoms with E-state index in [0.717, 1.165) is 11.1 Å². The van der Waals surface area contributed by atoms with E-state index in [1.54, 1.807) is 44.4 Å². The summed E-state index contributed by atoms with van der Waals surface area (Å²) in [5, 5.41) is 7.59. The molecule has 0 heterocycles. The SMILES string of the molecule is COc1cc(/C=N\NC(=O)[C@H](Cc2ccccc2)NC(=O)[C@H](C)Oc2ccc(Cl)cc2Cl)ccc1OCc1ccccc1. The second kappa shape index (κ2) is 15.6. The molecule has 0 spiro atoms. The zero-order valence-electron chi connectivity index (χ0n) is 23.6. The van der Waals surface area contributed by atoms with Gasteiger partial charge in [0.15, 0.2) is 17.6 Å². The van der Waals surface area contributed by atoms with Crippen molar-refractivity contribution in [3.05, 3.63) is 124 Å². The van der Waals surface area contributed by atoms with Gasteiger partial charge in [-0.3, -0.25) is 9.59 Å². The van der Waals surface area contributed by atoms with Gasteiger partial charge in [0.05, 0.1) is 18.3 Å². The first kappa shape index (κ1) is 31.4. The molecule has 43 heavy (non-hydrogen) atoms. The fourth-order valence-corrected chi connectivity index (χ4v) is 4.48. The Kier molecular flexibility index (Phi) is 11.4. The summed E-state index contributed by atoms with van der Waals surface area (Å²) in [5.74, 6) is 0.403. The molecule has 0 saturated carbocycles. The molecule has 8 nitrogen and oxygen atoms in total. The van der Waals surface area contributed by atoms with Gasteiger partial charge in [0.2, 0.25) is 0 Å². The Bertz CT molecular complexity index is 1550. The quantitative estimate of drug-likeness (QED) is 0.137. The molecule has 0 fully saturated rings. The monoisotopic (exact) mass is 619 g/mol. The summed E-state index contributed by atoms with van der Waals surface area (Å²) in [6.07, 6.45) is 0.782. The van der Waals surface area contributed by atoms with Crippen molar-refractivity contribution < 1.29 is 23.8 Å². The van der Waals surface area contributed by atoms with E-state index in [2.05, 4.69) is 15.8 Å². The summed E-state index contributed by atoms with van der Waals surface area (Å²) in [6.45, 7) is 1.96. The molecule has 222 valence electrons. The Balaban J connectivity index is 1.40. The molecule has 0 aromatic heterocycles. The third-order valence-electron chi connectivity index (χ3n) is 6.30. The van der Waals surface area contributed by atoms with Gasteiger partial charge >= 0.3 is 0 Å². The maximum atomic E-state index is 13.2. The van der Waals surface area contributed by atoms with Gasteiger partial charge in [0.1, 0.15) is 18.4 Å². The molecule has 2 atom stereocenters. The molecule has 0 aliphatic carbocycles. The van der Waals surface area contributed by atoms with Crippen molar-refractivity contribution in [1.82, 2.24) is 10.7 Å². The van der Waals surface area contributed by atoms with Crippen LogP contribution in [0.1, 0.15) is 23.6 Å². The lowest BCUT2D eigenvalue weighted by Crippen LogP contribution is -2.50. The number of carbonyl (C=O) groups is 2. The van der Waals surface area contributed by atoms with Crippen LogP contribution in [0, 0.1) is 0 Å². The van der Waals surface area contributed by atoms with Crippen molar-refractivity contribution in [1.29, 1.82) is 0 Å². The maximum absolute atomic E-state index is 13.2. The van der Waals surface area contributed by atoms with E-state index in [0.29, 0.717) is 34.4 Å². The number of hydrogen-bond donors (Lipinski definition) is 2. The predicted octanol–water partition coefficient (Wildman–Crippen LogP) is 6.23. The number of ether oxygens (including phenoxy) is 3. The van der Waals surface area contributed by atoms with Gasteiger partial charge in [-0.05, 0) is 60.0 Å². The molecule has 0 aliphatic heterocycles. The topological polar surface area (TPSA) is 98.2 Å². The number of halogens is 2. The van der Waals surface area contributed by atoms with Crippen molar-refractivity contribution in [2.45, 2.75) is 32.1 Å². The van der Waals surface area contributed by atoms with Crippen molar-refractivity contribution in [3.63, 3.8) is 0 Å². The number of methoxy groups -OCH3 is 1. The van der Waals surface area contributed by atoms with Gasteiger partial charge in [-0.15, -0.1) is 0 Å². The first-order valence-electron chi connectivity index (χ1n) is 13.5. The fourth-order valence-electron chi connectivity index (χ4n) is 4.03. The summed E-state index contributed by atoms with van der Waals surface area (Å²) < 4.78 is 17.1. The maximum Gasteiger partial charge on any atom is 0.262 e. The van der Waals surface area contributed by atoms with Crippen LogP contribution in [0.2, 0.25) is 10.0 Å². The molecule has 0 aliphatic rings. The molecule has 2 N–H and O–H groups in total. The van der Waals surface area contributed by atoms with E-state index in [9.17, 15) is 9.59 Å². The van der Waals surface area contributed by atoms with Crippen LogP contribution in [0.4, 0.5) is 0 Å². The smallest absolute Gasteiger partial charge is 0.262 e. The van der Waals surface area contributed by atoms with Crippen molar-refractivity contribution in [2.75, 3.05) is 7.11 Å². The molecule has 0 bridgehead atoms. The Morgan fingerprint density at radius 2 is 1.51 bits per heavy atom. The average molecular weight is 621 g/mol. The first-order valence-corrected chi connectivity index (χ1v) is 14.2. The van der Waals surface area contributed by atoms with E-state index in [1.807, 2.05) is 60.7 Å². The van der Waals surface area contributed by atoms with Crippen molar-refractivity contribution in [2.24, 2.45) is 5.10 Å². The highest BCUT2D eigenvalue weighted by Crippen LogP contribution is 2.29. The third kappa shape index (κ3) is 9.49. The number of nitrogens with zero attached hydrogens (tertiary/aromatic N) is 1. The predicted molar refractivity (Wildman–Crippen MR) is 168 cm³/mol. The highest BCUT2D eigenvalue weighted by Gasteiger charge is 2.25. The zero-order valence-corrected chi connectivity index (χ0v) is 25.1. The lowest BCUT2D eigenvalue weighted by molar-refractivity contribution is -0.132. The number of carbonyl (C=O) groups excluding carboxylic acids is 2. The molecule has 4 aromatic carbocycles. The Labute approximate surface area is 260 Å². The zero-order chi connectivity index (χ0) is 30.6. The second-order valence-electron chi connectivity index (χ2n) is 9.50. The summed E-state index contributed by atoms with van der Waals surface area (Å²) >= 11 is 12.1. The fraction of sp³-hybridized carbons (Fsp3) is 0.182.